The molecule has 1 heterocycles. The molecule has 8 heteroatoms. The Morgan fingerprint density at radius 3 is 2.76 bits per heavy atom. The number of hydrogen-bond donors (Lipinski definition) is 0. The van der Waals surface area contributed by atoms with Crippen molar-refractivity contribution in [2.75, 3.05) is 12.4 Å². The summed E-state index contributed by atoms with van der Waals surface area (Å²) in [5.41, 5.74) is 0. The van der Waals surface area contributed by atoms with E-state index >= 15 is 0 Å². The van der Waals surface area contributed by atoms with Gasteiger partial charge in [-0.3, -0.25) is 4.57 Å². The van der Waals surface area contributed by atoms with E-state index in [4.69, 9.17) is 9.47 Å². The molecule has 2 aliphatic rings. The minimum Gasteiger partial charge on any atom is -0.493 e. The second-order valence-electron chi connectivity index (χ2n) is 9.22. The minimum atomic E-state index is -0.367. The van der Waals surface area contributed by atoms with Crippen LogP contribution in [0.25, 0.3) is 0 Å². The predicted molar refractivity (Wildman–Crippen MR) is 135 cm³/mol. The molecule has 5 rings (SSSR count). The Labute approximate surface area is 212 Å². The van der Waals surface area contributed by atoms with Crippen LogP contribution in [0.2, 0.25) is 0 Å². The summed E-state index contributed by atoms with van der Waals surface area (Å²) in [4.78, 5) is 0. The third-order valence-electron chi connectivity index (χ3n) is 7.13. The van der Waals surface area contributed by atoms with Crippen LogP contribution in [-0.2, 0) is 6.61 Å². The third kappa shape index (κ3) is 5.28. The van der Waals surface area contributed by atoms with Crippen molar-refractivity contribution in [3.05, 3.63) is 64.6 Å². The van der Waals surface area contributed by atoms with Crippen molar-refractivity contribution in [3.63, 3.8) is 0 Å². The van der Waals surface area contributed by atoms with E-state index < -0.39 is 0 Å². The van der Waals surface area contributed by atoms with E-state index in [0.29, 0.717) is 12.5 Å². The van der Waals surface area contributed by atoms with Crippen LogP contribution in [0.4, 0.5) is 4.39 Å². The fourth-order valence-corrected chi connectivity index (χ4v) is 6.78. The van der Waals surface area contributed by atoms with Crippen LogP contribution in [0, 0.1) is 23.6 Å². The summed E-state index contributed by atoms with van der Waals surface area (Å²) in [5.74, 6) is 4.47. The SMILES string of the molecule is C[C@H]([C@H]1C[C@@H]2CC[C@@H]1C2)n1c(COc2ccccc2F)nnc1SCCOc1cccc(Br)c1. The molecule has 0 spiro atoms. The molecule has 2 saturated carbocycles. The maximum atomic E-state index is 14.1. The van der Waals surface area contributed by atoms with E-state index in [1.165, 1.54) is 31.7 Å². The number of hydrogen-bond acceptors (Lipinski definition) is 5. The second kappa shape index (κ2) is 10.7. The molecular formula is C26H29BrFN3O2S. The zero-order valence-electron chi connectivity index (χ0n) is 19.2. The molecule has 0 radical (unpaired) electrons. The molecule has 180 valence electrons. The lowest BCUT2D eigenvalue weighted by Gasteiger charge is -2.30. The van der Waals surface area contributed by atoms with Gasteiger partial charge in [-0.1, -0.05) is 52.3 Å². The van der Waals surface area contributed by atoms with Crippen molar-refractivity contribution in [3.8, 4) is 11.5 Å². The normalized spacial score (nSPS) is 22.1. The van der Waals surface area contributed by atoms with E-state index in [-0.39, 0.29) is 24.2 Å². The van der Waals surface area contributed by atoms with Crippen molar-refractivity contribution in [1.82, 2.24) is 14.8 Å². The molecule has 2 aromatic carbocycles. The summed E-state index contributed by atoms with van der Waals surface area (Å²) in [7, 11) is 0. The summed E-state index contributed by atoms with van der Waals surface area (Å²) in [6, 6.07) is 14.6. The van der Waals surface area contributed by atoms with Gasteiger partial charge in [0.25, 0.3) is 0 Å². The maximum Gasteiger partial charge on any atom is 0.191 e. The summed E-state index contributed by atoms with van der Waals surface area (Å²) < 4.78 is 29.0. The highest BCUT2D eigenvalue weighted by Gasteiger charge is 2.43. The molecule has 0 saturated heterocycles. The molecule has 2 aliphatic carbocycles. The van der Waals surface area contributed by atoms with Gasteiger partial charge >= 0.3 is 0 Å². The van der Waals surface area contributed by atoms with Crippen LogP contribution in [0.3, 0.4) is 0 Å². The predicted octanol–water partition coefficient (Wildman–Crippen LogP) is 6.93. The van der Waals surface area contributed by atoms with Crippen LogP contribution < -0.4 is 9.47 Å². The molecule has 2 fully saturated rings. The van der Waals surface area contributed by atoms with Gasteiger partial charge in [0.1, 0.15) is 12.4 Å². The van der Waals surface area contributed by atoms with Gasteiger partial charge in [-0.15, -0.1) is 10.2 Å². The van der Waals surface area contributed by atoms with Gasteiger partial charge in [0.05, 0.1) is 6.61 Å². The summed E-state index contributed by atoms with van der Waals surface area (Å²) in [6.07, 6.45) is 5.31. The quantitative estimate of drug-likeness (QED) is 0.204. The number of thioether (sulfide) groups is 1. The lowest BCUT2D eigenvalue weighted by Crippen LogP contribution is -2.24. The van der Waals surface area contributed by atoms with Crippen molar-refractivity contribution >= 4 is 27.7 Å². The van der Waals surface area contributed by atoms with Crippen LogP contribution in [0.1, 0.15) is 44.5 Å². The standard InChI is InChI=1S/C26H29BrFN3O2S/c1-17(22-14-18-9-10-19(22)13-18)31-25(16-33-24-8-3-2-7-23(24)28)29-30-26(31)34-12-11-32-21-6-4-5-20(27)15-21/h2-8,15,17-19,22H,9-14,16H2,1H3/t17-,18-,19-,22-/m1/s1. The zero-order valence-corrected chi connectivity index (χ0v) is 21.6. The summed E-state index contributed by atoms with van der Waals surface area (Å²) in [6.45, 7) is 3.04. The first-order valence-electron chi connectivity index (χ1n) is 11.9. The van der Waals surface area contributed by atoms with Gasteiger partial charge < -0.3 is 9.47 Å². The number of rotatable bonds is 10. The number of fused-ring (bicyclic) bond motifs is 2. The second-order valence-corrected chi connectivity index (χ2v) is 11.2. The van der Waals surface area contributed by atoms with E-state index in [9.17, 15) is 4.39 Å². The van der Waals surface area contributed by atoms with Crippen molar-refractivity contribution in [2.24, 2.45) is 17.8 Å². The summed E-state index contributed by atoms with van der Waals surface area (Å²) in [5, 5.41) is 9.84. The number of nitrogens with zero attached hydrogens (tertiary/aromatic N) is 3. The fourth-order valence-electron chi connectivity index (χ4n) is 5.54. The fraction of sp³-hybridized carbons (Fsp3) is 0.462. The first kappa shape index (κ1) is 23.7. The van der Waals surface area contributed by atoms with Gasteiger partial charge in [0, 0.05) is 16.3 Å². The topological polar surface area (TPSA) is 49.2 Å². The molecule has 0 unspecified atom stereocenters. The number of aromatic nitrogens is 3. The number of halogens is 2. The Morgan fingerprint density at radius 2 is 2.00 bits per heavy atom. The van der Waals surface area contributed by atoms with E-state index in [2.05, 4.69) is 37.6 Å². The van der Waals surface area contributed by atoms with E-state index in [1.54, 1.807) is 30.0 Å². The van der Waals surface area contributed by atoms with Crippen LogP contribution in [0.5, 0.6) is 11.5 Å². The highest BCUT2D eigenvalue weighted by molar-refractivity contribution is 9.10. The van der Waals surface area contributed by atoms with Gasteiger partial charge in [0.15, 0.2) is 22.5 Å². The first-order chi connectivity index (χ1) is 16.6. The highest BCUT2D eigenvalue weighted by atomic mass is 79.9. The molecule has 1 aromatic heterocycles. The third-order valence-corrected chi connectivity index (χ3v) is 8.53. The Hall–Kier alpha value is -2.06. The van der Waals surface area contributed by atoms with Crippen LogP contribution >= 0.6 is 27.7 Å². The highest BCUT2D eigenvalue weighted by Crippen LogP contribution is 2.52. The van der Waals surface area contributed by atoms with Gasteiger partial charge in [0.2, 0.25) is 0 Å². The smallest absolute Gasteiger partial charge is 0.191 e. The zero-order chi connectivity index (χ0) is 23.5. The largest absolute Gasteiger partial charge is 0.493 e. The molecule has 5 nitrogen and oxygen atoms in total. The van der Waals surface area contributed by atoms with Gasteiger partial charge in [-0.25, -0.2) is 4.39 Å². The van der Waals surface area contributed by atoms with Crippen LogP contribution in [0.15, 0.2) is 58.2 Å². The Kier molecular flexibility index (Phi) is 7.44. The molecule has 3 aromatic rings. The molecule has 4 atom stereocenters. The van der Waals surface area contributed by atoms with E-state index in [1.807, 2.05) is 24.3 Å². The number of para-hydroxylation sites is 1. The molecule has 34 heavy (non-hydrogen) atoms. The number of benzene rings is 2. The monoisotopic (exact) mass is 545 g/mol. The molecule has 2 bridgehead atoms. The molecule has 0 aliphatic heterocycles. The Bertz CT molecular complexity index is 1130. The Balaban J connectivity index is 1.29. The average molecular weight is 547 g/mol. The van der Waals surface area contributed by atoms with Gasteiger partial charge in [-0.2, -0.15) is 0 Å². The lowest BCUT2D eigenvalue weighted by molar-refractivity contribution is 0.215. The molecular weight excluding hydrogens is 517 g/mol. The summed E-state index contributed by atoms with van der Waals surface area (Å²) >= 11 is 5.12. The average Bonchev–Trinajstić information content (AvgIpc) is 3.57. The first-order valence-corrected chi connectivity index (χ1v) is 13.7. The maximum absolute atomic E-state index is 14.1. The van der Waals surface area contributed by atoms with Gasteiger partial charge in [-0.05, 0) is 74.3 Å². The molecule has 0 amide bonds. The Morgan fingerprint density at radius 1 is 1.12 bits per heavy atom. The lowest BCUT2D eigenvalue weighted by atomic mass is 9.84. The minimum absolute atomic E-state index is 0.189. The van der Waals surface area contributed by atoms with Crippen molar-refractivity contribution in [1.29, 1.82) is 0 Å². The van der Waals surface area contributed by atoms with Crippen molar-refractivity contribution < 1.29 is 13.9 Å². The number of ether oxygens (including phenoxy) is 2. The van der Waals surface area contributed by atoms with Crippen LogP contribution in [-0.4, -0.2) is 27.1 Å². The molecule has 0 N–H and O–H groups in total. The van der Waals surface area contributed by atoms with Crippen molar-refractivity contribution in [2.45, 2.75) is 50.4 Å². The van der Waals surface area contributed by atoms with E-state index in [0.717, 1.165) is 38.8 Å².